The summed E-state index contributed by atoms with van der Waals surface area (Å²) in [6, 6.07) is 17.6. The number of hydrogen-bond acceptors (Lipinski definition) is 7. The number of carbonyl (C=O) groups excluding carboxylic acids is 3. The third-order valence-electron chi connectivity index (χ3n) is 6.24. The second-order valence-electron chi connectivity index (χ2n) is 9.46. The van der Waals surface area contributed by atoms with Crippen molar-refractivity contribution in [1.82, 2.24) is 10.2 Å². The molecule has 0 unspecified atom stereocenters. The molecule has 0 fully saturated rings. The first-order chi connectivity index (χ1) is 18.8. The predicted molar refractivity (Wildman–Crippen MR) is 155 cm³/mol. The summed E-state index contributed by atoms with van der Waals surface area (Å²) in [4.78, 5) is 41.5. The van der Waals surface area contributed by atoms with Gasteiger partial charge >= 0.3 is 5.97 Å². The SMILES string of the molecule is CCCN(CCC)C(=O)c1cc(C(N)=O)cc(C(=O)O[C@H](CNCc2ccccc2)[C@H](N)Cc2cccs2)c1. The van der Waals surface area contributed by atoms with Crippen LogP contribution in [0.4, 0.5) is 0 Å². The third kappa shape index (κ3) is 9.02. The highest BCUT2D eigenvalue weighted by Gasteiger charge is 2.25. The van der Waals surface area contributed by atoms with Crippen molar-refractivity contribution in [3.63, 3.8) is 0 Å². The number of amides is 2. The summed E-state index contributed by atoms with van der Waals surface area (Å²) >= 11 is 1.59. The largest absolute Gasteiger partial charge is 0.456 e. The maximum atomic E-state index is 13.4. The highest BCUT2D eigenvalue weighted by atomic mass is 32.1. The number of carbonyl (C=O) groups is 3. The molecule has 0 aliphatic rings. The lowest BCUT2D eigenvalue weighted by molar-refractivity contribution is 0.0239. The van der Waals surface area contributed by atoms with Crippen molar-refractivity contribution >= 4 is 29.1 Å². The van der Waals surface area contributed by atoms with Crippen molar-refractivity contribution in [2.75, 3.05) is 19.6 Å². The monoisotopic (exact) mass is 550 g/mol. The van der Waals surface area contributed by atoms with Crippen LogP contribution in [-0.4, -0.2) is 54.5 Å². The number of hydrogen-bond donors (Lipinski definition) is 3. The zero-order valence-corrected chi connectivity index (χ0v) is 23.4. The average molecular weight is 551 g/mol. The molecule has 8 nitrogen and oxygen atoms in total. The van der Waals surface area contributed by atoms with E-state index in [0.29, 0.717) is 32.6 Å². The maximum absolute atomic E-state index is 13.4. The molecule has 3 rings (SSSR count). The predicted octanol–water partition coefficient (Wildman–Crippen LogP) is 3.99. The summed E-state index contributed by atoms with van der Waals surface area (Å²) in [6.45, 7) is 6.03. The zero-order valence-electron chi connectivity index (χ0n) is 22.6. The number of nitrogens with two attached hydrogens (primary N) is 2. The van der Waals surface area contributed by atoms with Gasteiger partial charge in [-0.15, -0.1) is 11.3 Å². The Balaban J connectivity index is 1.82. The Bertz CT molecular complexity index is 1210. The van der Waals surface area contributed by atoms with Gasteiger partial charge in [0.05, 0.1) is 5.56 Å². The fourth-order valence-electron chi connectivity index (χ4n) is 4.28. The molecule has 0 saturated carbocycles. The molecule has 0 aliphatic carbocycles. The highest BCUT2D eigenvalue weighted by molar-refractivity contribution is 7.09. The van der Waals surface area contributed by atoms with Gasteiger partial charge in [-0.3, -0.25) is 9.59 Å². The molecule has 0 aliphatic heterocycles. The number of thiophene rings is 1. The average Bonchev–Trinajstić information content (AvgIpc) is 3.45. The van der Waals surface area contributed by atoms with Gasteiger partial charge in [-0.25, -0.2) is 4.79 Å². The van der Waals surface area contributed by atoms with Gasteiger partial charge in [0, 0.05) is 54.6 Å². The summed E-state index contributed by atoms with van der Waals surface area (Å²) in [5.41, 5.74) is 13.5. The quantitative estimate of drug-likeness (QED) is 0.246. The van der Waals surface area contributed by atoms with Crippen molar-refractivity contribution in [2.45, 2.75) is 51.8 Å². The molecule has 3 aromatic rings. The molecular formula is C30H38N4O4S. The molecule has 0 radical (unpaired) electrons. The van der Waals surface area contributed by atoms with Gasteiger partial charge in [-0.1, -0.05) is 50.2 Å². The van der Waals surface area contributed by atoms with Crippen LogP contribution in [-0.2, 0) is 17.7 Å². The summed E-state index contributed by atoms with van der Waals surface area (Å²) in [5, 5.41) is 5.31. The Morgan fingerprint density at radius 3 is 2.23 bits per heavy atom. The van der Waals surface area contributed by atoms with E-state index in [2.05, 4.69) is 5.32 Å². The molecule has 2 atom stereocenters. The molecule has 9 heteroatoms. The molecule has 2 amide bonds. The van der Waals surface area contributed by atoms with E-state index in [1.165, 1.54) is 18.2 Å². The molecule has 39 heavy (non-hydrogen) atoms. The first-order valence-corrected chi connectivity index (χ1v) is 14.2. The van der Waals surface area contributed by atoms with E-state index < -0.39 is 24.0 Å². The van der Waals surface area contributed by atoms with Gasteiger partial charge in [0.25, 0.3) is 5.91 Å². The van der Waals surface area contributed by atoms with E-state index in [4.69, 9.17) is 16.2 Å². The van der Waals surface area contributed by atoms with E-state index in [0.717, 1.165) is 23.3 Å². The van der Waals surface area contributed by atoms with Gasteiger partial charge in [-0.2, -0.15) is 0 Å². The summed E-state index contributed by atoms with van der Waals surface area (Å²) in [5.74, 6) is -1.66. The van der Waals surface area contributed by atoms with Crippen LogP contribution in [0.5, 0.6) is 0 Å². The van der Waals surface area contributed by atoms with E-state index >= 15 is 0 Å². The standard InChI is InChI=1S/C30H38N4O4S/c1-3-12-34(13-4-2)29(36)23-15-22(28(32)35)16-24(17-23)30(37)38-27(26(31)18-25-11-8-14-39-25)20-33-19-21-9-6-5-7-10-21/h5-11,14-17,26-27,33H,3-4,12-13,18-20,31H2,1-2H3,(H2,32,35)/t26-,27-/m1/s1. The Hall–Kier alpha value is -3.53. The van der Waals surface area contributed by atoms with Crippen molar-refractivity contribution in [1.29, 1.82) is 0 Å². The fourth-order valence-corrected chi connectivity index (χ4v) is 5.06. The molecule has 0 bridgehead atoms. The Kier molecular flexibility index (Phi) is 11.7. The van der Waals surface area contributed by atoms with Gasteiger partial charge < -0.3 is 26.4 Å². The Morgan fingerprint density at radius 1 is 0.949 bits per heavy atom. The van der Waals surface area contributed by atoms with E-state index in [-0.39, 0.29) is 22.6 Å². The first kappa shape index (κ1) is 30.0. The van der Waals surface area contributed by atoms with Crippen molar-refractivity contribution in [2.24, 2.45) is 11.5 Å². The number of nitrogens with one attached hydrogen (secondary N) is 1. The summed E-state index contributed by atoms with van der Waals surface area (Å²) in [6.07, 6.45) is 1.46. The fraction of sp³-hybridized carbons (Fsp3) is 0.367. The summed E-state index contributed by atoms with van der Waals surface area (Å²) in [7, 11) is 0. The minimum Gasteiger partial charge on any atom is -0.456 e. The number of benzene rings is 2. The van der Waals surface area contributed by atoms with E-state index in [9.17, 15) is 14.4 Å². The second kappa shape index (κ2) is 15.2. The molecule has 5 N–H and O–H groups in total. The van der Waals surface area contributed by atoms with E-state index in [1.807, 2.05) is 61.7 Å². The molecule has 2 aromatic carbocycles. The zero-order chi connectivity index (χ0) is 28.2. The molecule has 1 heterocycles. The second-order valence-corrected chi connectivity index (χ2v) is 10.5. The third-order valence-corrected chi connectivity index (χ3v) is 7.14. The normalized spacial score (nSPS) is 12.5. The lowest BCUT2D eigenvalue weighted by Crippen LogP contribution is -2.45. The topological polar surface area (TPSA) is 128 Å². The number of nitrogens with zero attached hydrogens (tertiary/aromatic N) is 1. The molecule has 1 aromatic heterocycles. The van der Waals surface area contributed by atoms with Crippen LogP contribution in [0.1, 0.15) is 68.2 Å². The minimum absolute atomic E-state index is 0.0717. The maximum Gasteiger partial charge on any atom is 0.338 e. The van der Waals surface area contributed by atoms with Crippen LogP contribution in [0.25, 0.3) is 0 Å². The van der Waals surface area contributed by atoms with Crippen molar-refractivity contribution in [3.05, 3.63) is 93.2 Å². The van der Waals surface area contributed by atoms with Gasteiger partial charge in [0.15, 0.2) is 0 Å². The summed E-state index contributed by atoms with van der Waals surface area (Å²) < 4.78 is 5.91. The molecular weight excluding hydrogens is 512 g/mol. The number of ether oxygens (including phenoxy) is 1. The van der Waals surface area contributed by atoms with Crippen LogP contribution < -0.4 is 16.8 Å². The Morgan fingerprint density at radius 2 is 1.62 bits per heavy atom. The van der Waals surface area contributed by atoms with Gasteiger partial charge in [-0.05, 0) is 48.1 Å². The van der Waals surface area contributed by atoms with Gasteiger partial charge in [0.1, 0.15) is 6.10 Å². The van der Waals surface area contributed by atoms with E-state index in [1.54, 1.807) is 16.2 Å². The molecule has 0 saturated heterocycles. The highest BCUT2D eigenvalue weighted by Crippen LogP contribution is 2.18. The van der Waals surface area contributed by atoms with Crippen LogP contribution in [0, 0.1) is 0 Å². The van der Waals surface area contributed by atoms with Crippen molar-refractivity contribution < 1.29 is 19.1 Å². The number of primary amides is 1. The number of esters is 1. The van der Waals surface area contributed by atoms with Crippen LogP contribution in [0.2, 0.25) is 0 Å². The molecule has 208 valence electrons. The Labute approximate surface area is 234 Å². The lowest BCUT2D eigenvalue weighted by Gasteiger charge is -2.25. The van der Waals surface area contributed by atoms with Gasteiger partial charge in [0.2, 0.25) is 5.91 Å². The minimum atomic E-state index is -0.730. The lowest BCUT2D eigenvalue weighted by atomic mass is 10.0. The molecule has 0 spiro atoms. The van der Waals surface area contributed by atoms with Crippen LogP contribution >= 0.6 is 11.3 Å². The van der Waals surface area contributed by atoms with Crippen LogP contribution in [0.15, 0.2) is 66.0 Å². The smallest absolute Gasteiger partial charge is 0.338 e. The number of rotatable bonds is 15. The van der Waals surface area contributed by atoms with Crippen LogP contribution in [0.3, 0.4) is 0 Å². The first-order valence-electron chi connectivity index (χ1n) is 13.3. The van der Waals surface area contributed by atoms with Crippen molar-refractivity contribution in [3.8, 4) is 0 Å².